The van der Waals surface area contributed by atoms with Crippen LogP contribution in [0, 0.1) is 5.92 Å². The van der Waals surface area contributed by atoms with Crippen LogP contribution in [0.1, 0.15) is 24.8 Å². The molecule has 1 aliphatic heterocycles. The Morgan fingerprint density at radius 3 is 2.83 bits per heavy atom. The molecule has 0 radical (unpaired) electrons. The SMILES string of the molecule is Cl.O=C(Cc1cccc2ccccc12)NCCC1CCCNC1. The fourth-order valence-electron chi connectivity index (χ4n) is 3.27. The third-order valence-electron chi connectivity index (χ3n) is 4.50. The zero-order valence-corrected chi connectivity index (χ0v) is 14.2. The largest absolute Gasteiger partial charge is 0.356 e. The van der Waals surface area contributed by atoms with Gasteiger partial charge in [-0.15, -0.1) is 12.4 Å². The Kier molecular flexibility index (Phi) is 6.87. The maximum Gasteiger partial charge on any atom is 0.224 e. The van der Waals surface area contributed by atoms with E-state index in [1.807, 2.05) is 24.3 Å². The lowest BCUT2D eigenvalue weighted by molar-refractivity contribution is -0.120. The normalized spacial score (nSPS) is 17.5. The number of fused-ring (bicyclic) bond motifs is 1. The lowest BCUT2D eigenvalue weighted by atomic mass is 9.96. The highest BCUT2D eigenvalue weighted by molar-refractivity contribution is 5.90. The van der Waals surface area contributed by atoms with Crippen molar-refractivity contribution in [3.8, 4) is 0 Å². The molecular formula is C19H25ClN2O. The molecule has 3 nitrogen and oxygen atoms in total. The van der Waals surface area contributed by atoms with Gasteiger partial charge in [-0.25, -0.2) is 0 Å². The molecule has 23 heavy (non-hydrogen) atoms. The number of hydrogen-bond acceptors (Lipinski definition) is 2. The van der Waals surface area contributed by atoms with Gasteiger partial charge in [0.25, 0.3) is 0 Å². The fraction of sp³-hybridized carbons (Fsp3) is 0.421. The average molecular weight is 333 g/mol. The summed E-state index contributed by atoms with van der Waals surface area (Å²) in [5.74, 6) is 0.840. The van der Waals surface area contributed by atoms with Crippen molar-refractivity contribution in [2.45, 2.75) is 25.7 Å². The summed E-state index contributed by atoms with van der Waals surface area (Å²) in [6.07, 6.45) is 4.08. The zero-order chi connectivity index (χ0) is 15.2. The van der Waals surface area contributed by atoms with Crippen LogP contribution in [-0.4, -0.2) is 25.5 Å². The molecule has 0 aliphatic carbocycles. The minimum absolute atomic E-state index is 0. The number of carbonyl (C=O) groups is 1. The second-order valence-electron chi connectivity index (χ2n) is 6.17. The number of carbonyl (C=O) groups excluding carboxylic acids is 1. The van der Waals surface area contributed by atoms with Crippen LogP contribution in [0.4, 0.5) is 0 Å². The molecule has 0 aromatic heterocycles. The minimum atomic E-state index is 0. The lowest BCUT2D eigenvalue weighted by Crippen LogP contribution is -2.33. The zero-order valence-electron chi connectivity index (χ0n) is 13.4. The molecule has 1 fully saturated rings. The van der Waals surface area contributed by atoms with Crippen molar-refractivity contribution in [3.05, 3.63) is 48.0 Å². The maximum atomic E-state index is 12.2. The summed E-state index contributed by atoms with van der Waals surface area (Å²) in [4.78, 5) is 12.2. The third kappa shape index (κ3) is 4.95. The number of amides is 1. The molecule has 1 aliphatic rings. The number of nitrogens with one attached hydrogen (secondary N) is 2. The number of benzene rings is 2. The van der Waals surface area contributed by atoms with Gasteiger partial charge in [-0.2, -0.15) is 0 Å². The first kappa shape index (κ1) is 17.8. The van der Waals surface area contributed by atoms with Gasteiger partial charge < -0.3 is 10.6 Å². The molecule has 2 aromatic rings. The van der Waals surface area contributed by atoms with Gasteiger partial charge in [-0.1, -0.05) is 42.5 Å². The minimum Gasteiger partial charge on any atom is -0.356 e. The number of rotatable bonds is 5. The predicted molar refractivity (Wildman–Crippen MR) is 98.1 cm³/mol. The van der Waals surface area contributed by atoms with Crippen LogP contribution in [0.2, 0.25) is 0 Å². The Labute approximate surface area is 144 Å². The van der Waals surface area contributed by atoms with Crippen LogP contribution in [0.25, 0.3) is 10.8 Å². The highest BCUT2D eigenvalue weighted by atomic mass is 35.5. The maximum absolute atomic E-state index is 12.2. The van der Waals surface area contributed by atoms with E-state index >= 15 is 0 Å². The topological polar surface area (TPSA) is 41.1 Å². The van der Waals surface area contributed by atoms with E-state index < -0.39 is 0 Å². The molecule has 1 atom stereocenters. The van der Waals surface area contributed by atoms with E-state index in [9.17, 15) is 4.79 Å². The summed E-state index contributed by atoms with van der Waals surface area (Å²) < 4.78 is 0. The van der Waals surface area contributed by atoms with Crippen LogP contribution in [-0.2, 0) is 11.2 Å². The number of halogens is 1. The summed E-state index contributed by atoms with van der Waals surface area (Å²) >= 11 is 0. The van der Waals surface area contributed by atoms with Gasteiger partial charge in [0.05, 0.1) is 6.42 Å². The first-order valence-corrected chi connectivity index (χ1v) is 8.27. The molecule has 1 amide bonds. The van der Waals surface area contributed by atoms with Crippen LogP contribution in [0.3, 0.4) is 0 Å². The van der Waals surface area contributed by atoms with Crippen molar-refractivity contribution in [1.82, 2.24) is 10.6 Å². The van der Waals surface area contributed by atoms with Crippen LogP contribution >= 0.6 is 12.4 Å². The third-order valence-corrected chi connectivity index (χ3v) is 4.50. The fourth-order valence-corrected chi connectivity index (χ4v) is 3.27. The van der Waals surface area contributed by atoms with E-state index in [2.05, 4.69) is 28.8 Å². The Balaban J connectivity index is 0.00000192. The molecule has 2 N–H and O–H groups in total. The molecule has 1 saturated heterocycles. The van der Waals surface area contributed by atoms with Crippen molar-refractivity contribution in [2.24, 2.45) is 5.92 Å². The van der Waals surface area contributed by atoms with Gasteiger partial charge in [0.2, 0.25) is 5.91 Å². The van der Waals surface area contributed by atoms with Crippen molar-refractivity contribution < 1.29 is 4.79 Å². The van der Waals surface area contributed by atoms with E-state index in [0.29, 0.717) is 12.3 Å². The molecule has 0 saturated carbocycles. The summed E-state index contributed by atoms with van der Waals surface area (Å²) in [7, 11) is 0. The second kappa shape index (κ2) is 8.90. The summed E-state index contributed by atoms with van der Waals surface area (Å²) in [5.41, 5.74) is 1.11. The van der Waals surface area contributed by atoms with E-state index in [1.165, 1.54) is 23.6 Å². The quantitative estimate of drug-likeness (QED) is 0.882. The van der Waals surface area contributed by atoms with Gasteiger partial charge in [0.15, 0.2) is 0 Å². The average Bonchev–Trinajstić information content (AvgIpc) is 2.56. The second-order valence-corrected chi connectivity index (χ2v) is 6.17. The molecule has 124 valence electrons. The van der Waals surface area contributed by atoms with Crippen molar-refractivity contribution in [1.29, 1.82) is 0 Å². The van der Waals surface area contributed by atoms with Crippen molar-refractivity contribution >= 4 is 29.1 Å². The van der Waals surface area contributed by atoms with Gasteiger partial charge >= 0.3 is 0 Å². The molecule has 4 heteroatoms. The Morgan fingerprint density at radius 1 is 1.17 bits per heavy atom. The molecule has 0 bridgehead atoms. The predicted octanol–water partition coefficient (Wildman–Crippen LogP) is 3.31. The summed E-state index contributed by atoms with van der Waals surface area (Å²) in [6.45, 7) is 3.03. The van der Waals surface area contributed by atoms with E-state index in [0.717, 1.165) is 31.6 Å². The highest BCUT2D eigenvalue weighted by Crippen LogP contribution is 2.19. The van der Waals surface area contributed by atoms with Gasteiger partial charge in [0.1, 0.15) is 0 Å². The Hall–Kier alpha value is -1.58. The van der Waals surface area contributed by atoms with Gasteiger partial charge in [-0.05, 0) is 54.6 Å². The van der Waals surface area contributed by atoms with Crippen LogP contribution in [0.15, 0.2) is 42.5 Å². The highest BCUT2D eigenvalue weighted by Gasteiger charge is 2.13. The van der Waals surface area contributed by atoms with Crippen molar-refractivity contribution in [3.63, 3.8) is 0 Å². The Morgan fingerprint density at radius 2 is 2.00 bits per heavy atom. The molecule has 3 rings (SSSR count). The molecule has 1 unspecified atom stereocenters. The molecular weight excluding hydrogens is 308 g/mol. The first-order valence-electron chi connectivity index (χ1n) is 8.27. The van der Waals surface area contributed by atoms with E-state index in [-0.39, 0.29) is 18.3 Å². The number of hydrogen-bond donors (Lipinski definition) is 2. The molecule has 0 spiro atoms. The Bertz CT molecular complexity index is 633. The van der Waals surface area contributed by atoms with Gasteiger partial charge in [-0.3, -0.25) is 4.79 Å². The standard InChI is InChI=1S/C19H24N2O.ClH/c22-19(21-12-10-15-5-4-11-20-14-15)13-17-8-3-7-16-6-1-2-9-18(16)17;/h1-3,6-9,15,20H,4-5,10-14H2,(H,21,22);1H. The van der Waals surface area contributed by atoms with E-state index in [1.54, 1.807) is 0 Å². The summed E-state index contributed by atoms with van der Waals surface area (Å²) in [5, 5.41) is 8.87. The smallest absolute Gasteiger partial charge is 0.224 e. The van der Waals surface area contributed by atoms with E-state index in [4.69, 9.17) is 0 Å². The lowest BCUT2D eigenvalue weighted by Gasteiger charge is -2.22. The van der Waals surface area contributed by atoms with Crippen LogP contribution < -0.4 is 10.6 Å². The van der Waals surface area contributed by atoms with Gasteiger partial charge in [0, 0.05) is 6.54 Å². The molecule has 1 heterocycles. The molecule has 2 aromatic carbocycles. The van der Waals surface area contributed by atoms with Crippen molar-refractivity contribution in [2.75, 3.05) is 19.6 Å². The van der Waals surface area contributed by atoms with Crippen LogP contribution in [0.5, 0.6) is 0 Å². The summed E-state index contributed by atoms with van der Waals surface area (Å²) in [6, 6.07) is 14.4. The number of piperidine rings is 1. The first-order chi connectivity index (χ1) is 10.8. The monoisotopic (exact) mass is 332 g/mol.